The van der Waals surface area contributed by atoms with Crippen LogP contribution in [0.15, 0.2) is 33.8 Å². The van der Waals surface area contributed by atoms with Crippen LogP contribution in [0.5, 0.6) is 0 Å². The van der Waals surface area contributed by atoms with Crippen LogP contribution in [0.3, 0.4) is 0 Å². The fourth-order valence-electron chi connectivity index (χ4n) is 2.53. The second-order valence-corrected chi connectivity index (χ2v) is 6.53. The second kappa shape index (κ2) is 10.1. The molecule has 0 spiro atoms. The first kappa shape index (κ1) is 22.7. The van der Waals surface area contributed by atoms with Crippen LogP contribution in [0.1, 0.15) is 36.5 Å². The van der Waals surface area contributed by atoms with Gasteiger partial charge in [0.15, 0.2) is 5.96 Å². The minimum absolute atomic E-state index is 0. The number of pyridine rings is 1. The molecule has 2 aromatic rings. The monoisotopic (exact) mass is 492 g/mol. The van der Waals surface area contributed by atoms with Gasteiger partial charge in [0.1, 0.15) is 22.3 Å². The predicted molar refractivity (Wildman–Crippen MR) is 115 cm³/mol. The third-order valence-electron chi connectivity index (χ3n) is 3.77. The quantitative estimate of drug-likeness (QED) is 0.249. The van der Waals surface area contributed by atoms with E-state index < -0.39 is 5.60 Å². The summed E-state index contributed by atoms with van der Waals surface area (Å²) in [4.78, 5) is 8.56. The Bertz CT molecular complexity index is 729. The average Bonchev–Trinajstić information content (AvgIpc) is 2.91. The summed E-state index contributed by atoms with van der Waals surface area (Å²) in [6, 6.07) is 5.48. The summed E-state index contributed by atoms with van der Waals surface area (Å²) in [5, 5.41) is 17.6. The molecule has 0 saturated heterocycles. The van der Waals surface area contributed by atoms with Crippen molar-refractivity contribution in [1.29, 1.82) is 0 Å². The number of aliphatic hydroxyl groups is 1. The molecule has 0 radical (unpaired) electrons. The number of furan rings is 1. The van der Waals surface area contributed by atoms with Crippen LogP contribution >= 0.6 is 35.6 Å². The molecular formula is C18H26ClIN4O2. The highest BCUT2D eigenvalue weighted by Gasteiger charge is 2.27. The molecule has 1 unspecified atom stereocenters. The van der Waals surface area contributed by atoms with Crippen LogP contribution in [0.2, 0.25) is 5.15 Å². The summed E-state index contributed by atoms with van der Waals surface area (Å²) >= 11 is 5.79. The Hall–Kier alpha value is -1.32. The molecule has 144 valence electrons. The molecule has 2 aromatic heterocycles. The minimum Gasteiger partial charge on any atom is -0.466 e. The van der Waals surface area contributed by atoms with Crippen molar-refractivity contribution in [3.8, 4) is 0 Å². The molecule has 0 bridgehead atoms. The van der Waals surface area contributed by atoms with Crippen molar-refractivity contribution in [3.05, 3.63) is 52.2 Å². The van der Waals surface area contributed by atoms with Crippen molar-refractivity contribution in [1.82, 2.24) is 15.6 Å². The van der Waals surface area contributed by atoms with Gasteiger partial charge < -0.3 is 20.2 Å². The lowest BCUT2D eigenvalue weighted by Crippen LogP contribution is -2.44. The fourth-order valence-corrected chi connectivity index (χ4v) is 2.64. The molecule has 6 nitrogen and oxygen atoms in total. The van der Waals surface area contributed by atoms with E-state index in [-0.39, 0.29) is 24.0 Å². The highest BCUT2D eigenvalue weighted by atomic mass is 127. The zero-order valence-corrected chi connectivity index (χ0v) is 18.6. The maximum Gasteiger partial charge on any atom is 0.191 e. The van der Waals surface area contributed by atoms with Gasteiger partial charge in [-0.25, -0.2) is 9.98 Å². The third kappa shape index (κ3) is 6.44. The second-order valence-electron chi connectivity index (χ2n) is 6.14. The number of nitrogens with one attached hydrogen (secondary N) is 2. The molecule has 3 N–H and O–H groups in total. The summed E-state index contributed by atoms with van der Waals surface area (Å²) in [6.45, 7) is 8.95. The van der Waals surface area contributed by atoms with Gasteiger partial charge in [-0.2, -0.15) is 0 Å². The number of hydrogen-bond donors (Lipinski definition) is 3. The normalized spacial score (nSPS) is 13.7. The van der Waals surface area contributed by atoms with E-state index in [0.717, 1.165) is 29.2 Å². The molecule has 2 rings (SSSR count). The van der Waals surface area contributed by atoms with Crippen LogP contribution in [0, 0.1) is 13.8 Å². The van der Waals surface area contributed by atoms with E-state index in [1.54, 1.807) is 19.2 Å². The van der Waals surface area contributed by atoms with Crippen LogP contribution < -0.4 is 10.6 Å². The Balaban J connectivity index is 0.00000338. The van der Waals surface area contributed by atoms with Crippen LogP contribution in [-0.4, -0.2) is 29.1 Å². The van der Waals surface area contributed by atoms with E-state index in [0.29, 0.717) is 24.2 Å². The minimum atomic E-state index is -1.07. The Morgan fingerprint density at radius 1 is 1.35 bits per heavy atom. The lowest BCUT2D eigenvalue weighted by Gasteiger charge is -2.24. The largest absolute Gasteiger partial charge is 0.466 e. The van der Waals surface area contributed by atoms with Gasteiger partial charge in [-0.15, -0.1) is 24.0 Å². The van der Waals surface area contributed by atoms with E-state index in [1.165, 1.54) is 0 Å². The van der Waals surface area contributed by atoms with Crippen molar-refractivity contribution in [2.24, 2.45) is 4.99 Å². The molecule has 26 heavy (non-hydrogen) atoms. The Morgan fingerprint density at radius 3 is 2.62 bits per heavy atom. The number of rotatable bonds is 6. The van der Waals surface area contributed by atoms with Crippen molar-refractivity contribution < 1.29 is 9.52 Å². The van der Waals surface area contributed by atoms with E-state index >= 15 is 0 Å². The Labute approximate surface area is 176 Å². The highest BCUT2D eigenvalue weighted by molar-refractivity contribution is 14.0. The van der Waals surface area contributed by atoms with E-state index in [2.05, 4.69) is 20.6 Å². The molecule has 8 heteroatoms. The first-order valence-electron chi connectivity index (χ1n) is 8.24. The zero-order chi connectivity index (χ0) is 18.4. The highest BCUT2D eigenvalue weighted by Crippen LogP contribution is 2.26. The lowest BCUT2D eigenvalue weighted by molar-refractivity contribution is 0.0601. The molecule has 0 aliphatic rings. The van der Waals surface area contributed by atoms with Crippen molar-refractivity contribution in [3.63, 3.8) is 0 Å². The number of halogens is 2. The first-order chi connectivity index (χ1) is 11.8. The topological polar surface area (TPSA) is 82.7 Å². The molecule has 0 aliphatic carbocycles. The molecule has 0 aliphatic heterocycles. The summed E-state index contributed by atoms with van der Waals surface area (Å²) in [6.07, 6.45) is 1.70. The number of aromatic nitrogens is 1. The van der Waals surface area contributed by atoms with Crippen molar-refractivity contribution in [2.75, 3.05) is 13.1 Å². The summed E-state index contributed by atoms with van der Waals surface area (Å²) in [5.74, 6) is 2.12. The molecule has 1 atom stereocenters. The third-order valence-corrected chi connectivity index (χ3v) is 4.00. The maximum absolute atomic E-state index is 10.8. The number of hydrogen-bond acceptors (Lipinski definition) is 4. The molecule has 2 heterocycles. The van der Waals surface area contributed by atoms with Gasteiger partial charge in [0, 0.05) is 18.3 Å². The van der Waals surface area contributed by atoms with Crippen molar-refractivity contribution >= 4 is 41.5 Å². The molecule has 0 amide bonds. The number of aliphatic imine (C=N–C) groups is 1. The molecule has 0 aromatic carbocycles. The summed E-state index contributed by atoms with van der Waals surface area (Å²) in [5.41, 5.74) is 0.657. The maximum atomic E-state index is 10.8. The predicted octanol–water partition coefficient (Wildman–Crippen LogP) is 3.53. The van der Waals surface area contributed by atoms with Gasteiger partial charge in [0.25, 0.3) is 0 Å². The fraction of sp³-hybridized carbons (Fsp3) is 0.444. The van der Waals surface area contributed by atoms with E-state index in [4.69, 9.17) is 16.0 Å². The molecule has 0 fully saturated rings. The molecular weight excluding hydrogens is 467 g/mol. The first-order valence-corrected chi connectivity index (χ1v) is 8.62. The number of nitrogens with zero attached hydrogens (tertiary/aromatic N) is 2. The van der Waals surface area contributed by atoms with Gasteiger partial charge in [0.05, 0.1) is 13.1 Å². The molecule has 0 saturated carbocycles. The summed E-state index contributed by atoms with van der Waals surface area (Å²) < 4.78 is 5.52. The summed E-state index contributed by atoms with van der Waals surface area (Å²) in [7, 11) is 0. The van der Waals surface area contributed by atoms with Crippen LogP contribution in [0.25, 0.3) is 0 Å². The average molecular weight is 493 g/mol. The number of guanidine groups is 1. The van der Waals surface area contributed by atoms with Crippen molar-refractivity contribution in [2.45, 2.75) is 39.8 Å². The SMILES string of the molecule is CCNC(=NCc1ccc(Cl)nc1)NCC(C)(O)c1cc(C)oc1C.I. The van der Waals surface area contributed by atoms with Crippen LogP contribution in [-0.2, 0) is 12.1 Å². The van der Waals surface area contributed by atoms with Crippen LogP contribution in [0.4, 0.5) is 0 Å². The van der Waals surface area contributed by atoms with Gasteiger partial charge in [-0.1, -0.05) is 17.7 Å². The smallest absolute Gasteiger partial charge is 0.191 e. The number of aryl methyl sites for hydroxylation is 2. The lowest BCUT2D eigenvalue weighted by atomic mass is 9.96. The Morgan fingerprint density at radius 2 is 2.08 bits per heavy atom. The zero-order valence-electron chi connectivity index (χ0n) is 15.5. The standard InChI is InChI=1S/C18H25ClN4O2.HI/c1-5-20-17(22-10-14-6-7-16(19)21-9-14)23-11-18(4,24)15-8-12(2)25-13(15)3;/h6-9,24H,5,10-11H2,1-4H3,(H2,20,22,23);1H. The van der Waals surface area contributed by atoms with Gasteiger partial charge >= 0.3 is 0 Å². The van der Waals surface area contributed by atoms with Gasteiger partial charge in [-0.05, 0) is 45.4 Å². The van der Waals surface area contributed by atoms with E-state index in [1.807, 2.05) is 32.9 Å². The van der Waals surface area contributed by atoms with E-state index in [9.17, 15) is 5.11 Å². The van der Waals surface area contributed by atoms with Gasteiger partial charge in [0.2, 0.25) is 0 Å². The Kier molecular flexibility index (Phi) is 8.85. The van der Waals surface area contributed by atoms with Gasteiger partial charge in [-0.3, -0.25) is 0 Å².